The van der Waals surface area contributed by atoms with Gasteiger partial charge in [0, 0.05) is 29.6 Å². The first-order valence-electron chi connectivity index (χ1n) is 10.9. The summed E-state index contributed by atoms with van der Waals surface area (Å²) in [4.78, 5) is 53.0. The van der Waals surface area contributed by atoms with Crippen molar-refractivity contribution in [2.75, 3.05) is 13.1 Å². The molecule has 8 nitrogen and oxygen atoms in total. The van der Waals surface area contributed by atoms with Gasteiger partial charge in [0.05, 0.1) is 0 Å². The van der Waals surface area contributed by atoms with Gasteiger partial charge in [-0.2, -0.15) is 5.01 Å². The number of hydrazine groups is 1. The summed E-state index contributed by atoms with van der Waals surface area (Å²) in [5.41, 5.74) is 2.50. The van der Waals surface area contributed by atoms with Gasteiger partial charge in [-0.25, -0.2) is 4.79 Å². The number of rotatable bonds is 5. The SMILES string of the molecule is CC[C@@]1(c2ccccc2)NC(=O)N(NC(=O)C2CCN(C(=O)c3ccc(Cl)cc3)CC2)C1=O. The first kappa shape index (κ1) is 22.8. The van der Waals surface area contributed by atoms with Crippen LogP contribution in [0.2, 0.25) is 5.02 Å². The molecule has 2 heterocycles. The minimum absolute atomic E-state index is 0.116. The molecule has 0 radical (unpaired) electrons. The normalized spacial score (nSPS) is 21.2. The van der Waals surface area contributed by atoms with E-state index in [1.54, 1.807) is 53.4 Å². The van der Waals surface area contributed by atoms with Crippen LogP contribution in [0.5, 0.6) is 0 Å². The van der Waals surface area contributed by atoms with Crippen LogP contribution in [0.4, 0.5) is 4.79 Å². The zero-order valence-corrected chi connectivity index (χ0v) is 19.0. The first-order valence-corrected chi connectivity index (χ1v) is 11.3. The zero-order chi connectivity index (χ0) is 23.6. The molecule has 9 heteroatoms. The average Bonchev–Trinajstić information content (AvgIpc) is 3.10. The molecule has 0 unspecified atom stereocenters. The number of halogens is 1. The maximum Gasteiger partial charge on any atom is 0.344 e. The molecular weight excluding hydrogens is 444 g/mol. The maximum absolute atomic E-state index is 13.2. The van der Waals surface area contributed by atoms with Crippen LogP contribution in [0, 0.1) is 5.92 Å². The van der Waals surface area contributed by atoms with Crippen LogP contribution in [-0.4, -0.2) is 46.8 Å². The molecule has 5 amide bonds. The number of carbonyl (C=O) groups is 4. The number of imide groups is 1. The Morgan fingerprint density at radius 1 is 1.06 bits per heavy atom. The van der Waals surface area contributed by atoms with E-state index in [1.807, 2.05) is 13.0 Å². The van der Waals surface area contributed by atoms with E-state index in [2.05, 4.69) is 10.7 Å². The monoisotopic (exact) mass is 468 g/mol. The molecule has 2 saturated heterocycles. The lowest BCUT2D eigenvalue weighted by molar-refractivity contribution is -0.141. The molecule has 0 saturated carbocycles. The van der Waals surface area contributed by atoms with Crippen molar-refractivity contribution < 1.29 is 19.2 Å². The number of likely N-dealkylation sites (tertiary alicyclic amines) is 1. The van der Waals surface area contributed by atoms with Crippen molar-refractivity contribution in [1.82, 2.24) is 20.7 Å². The predicted molar refractivity (Wildman–Crippen MR) is 122 cm³/mol. The number of hydrogen-bond donors (Lipinski definition) is 2. The van der Waals surface area contributed by atoms with Gasteiger partial charge in [0.2, 0.25) is 5.91 Å². The minimum atomic E-state index is -1.21. The molecule has 0 spiro atoms. The van der Waals surface area contributed by atoms with E-state index in [9.17, 15) is 19.2 Å². The largest absolute Gasteiger partial charge is 0.344 e. The van der Waals surface area contributed by atoms with Crippen LogP contribution in [0.1, 0.15) is 42.1 Å². The van der Waals surface area contributed by atoms with E-state index < -0.39 is 29.3 Å². The van der Waals surface area contributed by atoms with Crippen molar-refractivity contribution in [3.63, 3.8) is 0 Å². The third-order valence-electron chi connectivity index (χ3n) is 6.35. The Labute approximate surface area is 196 Å². The van der Waals surface area contributed by atoms with Gasteiger partial charge in [-0.3, -0.25) is 19.8 Å². The molecule has 0 bridgehead atoms. The number of piperidine rings is 1. The third-order valence-corrected chi connectivity index (χ3v) is 6.61. The van der Waals surface area contributed by atoms with Gasteiger partial charge in [-0.15, -0.1) is 0 Å². The van der Waals surface area contributed by atoms with E-state index >= 15 is 0 Å². The van der Waals surface area contributed by atoms with Gasteiger partial charge in [0.1, 0.15) is 5.54 Å². The molecule has 172 valence electrons. The van der Waals surface area contributed by atoms with Crippen LogP contribution < -0.4 is 10.7 Å². The lowest BCUT2D eigenvalue weighted by Crippen LogP contribution is -2.51. The van der Waals surface area contributed by atoms with Crippen LogP contribution in [0.15, 0.2) is 54.6 Å². The predicted octanol–water partition coefficient (Wildman–Crippen LogP) is 3.08. The van der Waals surface area contributed by atoms with Gasteiger partial charge >= 0.3 is 6.03 Å². The molecule has 33 heavy (non-hydrogen) atoms. The van der Waals surface area contributed by atoms with Crippen LogP contribution in [-0.2, 0) is 15.1 Å². The molecular formula is C24H25ClN4O4. The van der Waals surface area contributed by atoms with E-state index in [4.69, 9.17) is 11.6 Å². The third kappa shape index (κ3) is 4.30. The maximum atomic E-state index is 13.2. The molecule has 2 aromatic rings. The van der Waals surface area contributed by atoms with Crippen LogP contribution in [0.25, 0.3) is 0 Å². The quantitative estimate of drug-likeness (QED) is 0.659. The van der Waals surface area contributed by atoms with E-state index in [0.717, 1.165) is 5.01 Å². The van der Waals surface area contributed by atoms with Gasteiger partial charge in [0.25, 0.3) is 11.8 Å². The number of amides is 5. The highest BCUT2D eigenvalue weighted by Crippen LogP contribution is 2.32. The number of carbonyl (C=O) groups excluding carboxylic acids is 4. The standard InChI is InChI=1S/C24H25ClN4O4/c1-2-24(18-6-4-3-5-7-18)22(32)29(23(33)26-24)27-20(30)16-12-14-28(15-13-16)21(31)17-8-10-19(25)11-9-17/h3-11,16H,2,12-15H2,1H3,(H,26,33)(H,27,30)/t24-/m0/s1. The Hall–Kier alpha value is -3.39. The number of benzene rings is 2. The van der Waals surface area contributed by atoms with Gasteiger partial charge < -0.3 is 10.2 Å². The van der Waals surface area contributed by atoms with Gasteiger partial charge in [-0.1, -0.05) is 48.9 Å². The Kier molecular flexibility index (Phi) is 6.37. The average molecular weight is 469 g/mol. The molecule has 4 rings (SSSR count). The number of nitrogens with zero attached hydrogens (tertiary/aromatic N) is 2. The first-order chi connectivity index (χ1) is 15.9. The molecule has 2 fully saturated rings. The van der Waals surface area contributed by atoms with Crippen molar-refractivity contribution >= 4 is 35.4 Å². The number of urea groups is 1. The molecule has 0 aliphatic carbocycles. The Balaban J connectivity index is 1.38. The van der Waals surface area contributed by atoms with Crippen LogP contribution >= 0.6 is 11.6 Å². The summed E-state index contributed by atoms with van der Waals surface area (Å²) in [6.07, 6.45) is 1.22. The van der Waals surface area contributed by atoms with Crippen molar-refractivity contribution in [2.45, 2.75) is 31.7 Å². The van der Waals surface area contributed by atoms with Crippen LogP contribution in [0.3, 0.4) is 0 Å². The number of nitrogens with one attached hydrogen (secondary N) is 2. The molecule has 0 aromatic heterocycles. The molecule has 2 aliphatic rings. The molecule has 2 aromatic carbocycles. The lowest BCUT2D eigenvalue weighted by Gasteiger charge is -2.32. The fourth-order valence-corrected chi connectivity index (χ4v) is 4.49. The second-order valence-corrected chi connectivity index (χ2v) is 8.68. The van der Waals surface area contributed by atoms with Crippen molar-refractivity contribution in [3.05, 3.63) is 70.7 Å². The summed E-state index contributed by atoms with van der Waals surface area (Å²) in [5, 5.41) is 4.09. The molecule has 1 atom stereocenters. The van der Waals surface area contributed by atoms with Gasteiger partial charge in [-0.05, 0) is 49.1 Å². The second-order valence-electron chi connectivity index (χ2n) is 8.25. The molecule has 2 aliphatic heterocycles. The van der Waals surface area contributed by atoms with Crippen molar-refractivity contribution in [3.8, 4) is 0 Å². The zero-order valence-electron chi connectivity index (χ0n) is 18.2. The second kappa shape index (κ2) is 9.23. The van der Waals surface area contributed by atoms with Gasteiger partial charge in [0.15, 0.2) is 0 Å². The van der Waals surface area contributed by atoms with E-state index in [0.29, 0.717) is 48.5 Å². The smallest absolute Gasteiger partial charge is 0.339 e. The minimum Gasteiger partial charge on any atom is -0.339 e. The Bertz CT molecular complexity index is 1070. The van der Waals surface area contributed by atoms with E-state index in [-0.39, 0.29) is 5.91 Å². The lowest BCUT2D eigenvalue weighted by atomic mass is 9.87. The van der Waals surface area contributed by atoms with Crippen molar-refractivity contribution in [1.29, 1.82) is 0 Å². The van der Waals surface area contributed by atoms with Crippen molar-refractivity contribution in [2.24, 2.45) is 5.92 Å². The fraction of sp³-hybridized carbons (Fsp3) is 0.333. The highest BCUT2D eigenvalue weighted by atomic mass is 35.5. The highest BCUT2D eigenvalue weighted by Gasteiger charge is 2.52. The Morgan fingerprint density at radius 2 is 1.70 bits per heavy atom. The summed E-state index contributed by atoms with van der Waals surface area (Å²) >= 11 is 5.88. The highest BCUT2D eigenvalue weighted by molar-refractivity contribution is 6.30. The number of hydrogen-bond acceptors (Lipinski definition) is 4. The fourth-order valence-electron chi connectivity index (χ4n) is 4.36. The summed E-state index contributed by atoms with van der Waals surface area (Å²) in [6.45, 7) is 2.62. The van der Waals surface area contributed by atoms with E-state index in [1.165, 1.54) is 0 Å². The topological polar surface area (TPSA) is 98.8 Å². The Morgan fingerprint density at radius 3 is 2.30 bits per heavy atom. The summed E-state index contributed by atoms with van der Waals surface area (Å²) in [5.74, 6) is -1.44. The summed E-state index contributed by atoms with van der Waals surface area (Å²) < 4.78 is 0. The molecule has 2 N–H and O–H groups in total. The summed E-state index contributed by atoms with van der Waals surface area (Å²) in [6, 6.07) is 15.0. The summed E-state index contributed by atoms with van der Waals surface area (Å²) in [7, 11) is 0.